The summed E-state index contributed by atoms with van der Waals surface area (Å²) in [6.45, 7) is 0. The van der Waals surface area contributed by atoms with Crippen molar-refractivity contribution >= 4 is 23.4 Å². The lowest BCUT2D eigenvalue weighted by Gasteiger charge is -2.29. The number of alkyl halides is 1. The maximum Gasteiger partial charge on any atom is 0.358 e. The third-order valence-corrected chi connectivity index (χ3v) is 3.77. The fourth-order valence-electron chi connectivity index (χ4n) is 2.43. The highest BCUT2D eigenvalue weighted by Crippen LogP contribution is 2.33. The predicted octanol–water partition coefficient (Wildman–Crippen LogP) is 2.51. The van der Waals surface area contributed by atoms with Crippen LogP contribution in [0.2, 0.25) is 0 Å². The summed E-state index contributed by atoms with van der Waals surface area (Å²) in [5.41, 5.74) is -0.631. The van der Waals surface area contributed by atoms with Crippen LogP contribution >= 0.6 is 11.6 Å². The first-order chi connectivity index (χ1) is 9.64. The number of carbonyl (C=O) groups excluding carboxylic acids is 2. The van der Waals surface area contributed by atoms with Crippen molar-refractivity contribution in [3.05, 3.63) is 29.8 Å². The van der Waals surface area contributed by atoms with Gasteiger partial charge in [0.05, 0.1) is 7.11 Å². The van der Waals surface area contributed by atoms with Crippen molar-refractivity contribution in [1.82, 2.24) is 0 Å². The van der Waals surface area contributed by atoms with E-state index >= 15 is 0 Å². The molecule has 1 aromatic rings. The molecule has 0 fully saturated rings. The van der Waals surface area contributed by atoms with Crippen LogP contribution in [0.5, 0.6) is 5.75 Å². The van der Waals surface area contributed by atoms with Gasteiger partial charge in [-0.15, -0.1) is 11.6 Å². The number of benzene rings is 1. The van der Waals surface area contributed by atoms with Crippen LogP contribution in [-0.4, -0.2) is 30.3 Å². The molecule has 1 heterocycles. The first-order valence-electron chi connectivity index (χ1n) is 6.58. The summed E-state index contributed by atoms with van der Waals surface area (Å²) in [6.07, 6.45) is 1.56. The number of fused-ring (bicyclic) bond motifs is 1. The van der Waals surface area contributed by atoms with Crippen LogP contribution in [0.4, 0.5) is 0 Å². The Kier molecular flexibility index (Phi) is 4.65. The number of ether oxygens (including phenoxy) is 2. The van der Waals surface area contributed by atoms with Gasteiger partial charge in [0.15, 0.2) is 5.78 Å². The van der Waals surface area contributed by atoms with Gasteiger partial charge in [0, 0.05) is 18.7 Å². The first kappa shape index (κ1) is 14.9. The zero-order valence-electron chi connectivity index (χ0n) is 11.4. The molecule has 0 spiro atoms. The minimum absolute atomic E-state index is 0.232. The zero-order chi connectivity index (χ0) is 14.6. The second kappa shape index (κ2) is 6.27. The van der Waals surface area contributed by atoms with Crippen LogP contribution in [0.1, 0.15) is 24.8 Å². The molecule has 0 amide bonds. The monoisotopic (exact) mass is 296 g/mol. The molecule has 1 atom stereocenters. The number of rotatable bonds is 4. The molecule has 0 saturated carbocycles. The summed E-state index contributed by atoms with van der Waals surface area (Å²) in [5.74, 6) is 0.0325. The van der Waals surface area contributed by atoms with E-state index in [9.17, 15) is 9.59 Å². The summed E-state index contributed by atoms with van der Waals surface area (Å²) in [6, 6.07) is 7.37. The number of para-hydroxylation sites is 1. The molecule has 5 heteroatoms. The predicted molar refractivity (Wildman–Crippen MR) is 75.1 cm³/mol. The molecule has 1 aromatic carbocycles. The lowest BCUT2D eigenvalue weighted by atomic mass is 9.90. The van der Waals surface area contributed by atoms with E-state index in [4.69, 9.17) is 21.1 Å². The van der Waals surface area contributed by atoms with Gasteiger partial charge in [0.2, 0.25) is 0 Å². The van der Waals surface area contributed by atoms with Gasteiger partial charge in [-0.3, -0.25) is 4.79 Å². The Balaban J connectivity index is 2.42. The average Bonchev–Trinajstić information content (AvgIpc) is 2.62. The topological polar surface area (TPSA) is 52.6 Å². The Morgan fingerprint density at radius 3 is 2.85 bits per heavy atom. The van der Waals surface area contributed by atoms with E-state index in [1.807, 2.05) is 18.2 Å². The second-order valence-corrected chi connectivity index (χ2v) is 5.12. The van der Waals surface area contributed by atoms with E-state index in [2.05, 4.69) is 0 Å². The number of hydrogen-bond acceptors (Lipinski definition) is 4. The number of carbonyl (C=O) groups is 2. The fraction of sp³-hybridized carbons (Fsp3) is 0.467. The van der Waals surface area contributed by atoms with Crippen LogP contribution < -0.4 is 4.74 Å². The van der Waals surface area contributed by atoms with Crippen molar-refractivity contribution < 1.29 is 19.1 Å². The van der Waals surface area contributed by atoms with E-state index in [-0.39, 0.29) is 18.6 Å². The van der Waals surface area contributed by atoms with Gasteiger partial charge in [-0.05, 0) is 24.5 Å². The van der Waals surface area contributed by atoms with Crippen LogP contribution in [0.15, 0.2) is 24.3 Å². The summed E-state index contributed by atoms with van der Waals surface area (Å²) >= 11 is 5.70. The highest BCUT2D eigenvalue weighted by atomic mass is 35.5. The summed E-state index contributed by atoms with van der Waals surface area (Å²) in [7, 11) is 1.26. The van der Waals surface area contributed by atoms with Crippen molar-refractivity contribution in [2.45, 2.75) is 31.3 Å². The summed E-state index contributed by atoms with van der Waals surface area (Å²) in [5, 5.41) is 0. The lowest BCUT2D eigenvalue weighted by molar-refractivity contribution is -0.165. The molecule has 1 aliphatic heterocycles. The van der Waals surface area contributed by atoms with Gasteiger partial charge in [-0.2, -0.15) is 0 Å². The van der Waals surface area contributed by atoms with E-state index < -0.39 is 11.6 Å². The number of esters is 1. The number of ketones is 1. The maximum atomic E-state index is 12.4. The standard InChI is InChI=1S/C15H17ClO4/c1-19-14(18)15(9-4-10-16)13(17)8-7-11-5-2-3-6-12(11)20-15/h2-3,5-6H,4,7-10H2,1H3. The SMILES string of the molecule is COC(=O)C1(CCCCl)Oc2ccccc2CCC1=O. The molecule has 4 nitrogen and oxygen atoms in total. The molecule has 20 heavy (non-hydrogen) atoms. The molecule has 1 unspecified atom stereocenters. The smallest absolute Gasteiger partial charge is 0.358 e. The van der Waals surface area contributed by atoms with Gasteiger partial charge in [0.25, 0.3) is 5.60 Å². The van der Waals surface area contributed by atoms with Crippen LogP contribution in [0.25, 0.3) is 0 Å². The van der Waals surface area contributed by atoms with Crippen molar-refractivity contribution in [1.29, 1.82) is 0 Å². The zero-order valence-corrected chi connectivity index (χ0v) is 12.1. The maximum absolute atomic E-state index is 12.4. The van der Waals surface area contributed by atoms with Gasteiger partial charge >= 0.3 is 5.97 Å². The van der Waals surface area contributed by atoms with Crippen LogP contribution in [0, 0.1) is 0 Å². The first-order valence-corrected chi connectivity index (χ1v) is 7.12. The number of methoxy groups -OCH3 is 1. The Hall–Kier alpha value is -1.55. The summed E-state index contributed by atoms with van der Waals surface area (Å²) in [4.78, 5) is 24.6. The van der Waals surface area contributed by atoms with E-state index in [1.54, 1.807) is 6.07 Å². The Morgan fingerprint density at radius 1 is 1.40 bits per heavy atom. The van der Waals surface area contributed by atoms with Crippen molar-refractivity contribution in [2.24, 2.45) is 0 Å². The highest BCUT2D eigenvalue weighted by molar-refractivity contribution is 6.18. The van der Waals surface area contributed by atoms with Crippen molar-refractivity contribution in [3.63, 3.8) is 0 Å². The molecule has 0 saturated heterocycles. The fourth-order valence-corrected chi connectivity index (χ4v) is 2.57. The molecule has 1 aliphatic rings. The average molecular weight is 297 g/mol. The number of halogens is 1. The minimum atomic E-state index is -1.56. The molecule has 0 radical (unpaired) electrons. The van der Waals surface area contributed by atoms with Gasteiger partial charge < -0.3 is 9.47 Å². The van der Waals surface area contributed by atoms with Gasteiger partial charge in [-0.25, -0.2) is 4.79 Å². The van der Waals surface area contributed by atoms with Gasteiger partial charge in [0.1, 0.15) is 5.75 Å². The van der Waals surface area contributed by atoms with Crippen LogP contribution in [-0.2, 0) is 20.7 Å². The number of hydrogen-bond donors (Lipinski definition) is 0. The molecule has 0 aromatic heterocycles. The summed E-state index contributed by atoms with van der Waals surface area (Å²) < 4.78 is 10.6. The van der Waals surface area contributed by atoms with Crippen molar-refractivity contribution in [3.8, 4) is 5.75 Å². The minimum Gasteiger partial charge on any atom is -0.467 e. The largest absolute Gasteiger partial charge is 0.467 e. The Bertz CT molecular complexity index is 514. The number of Topliss-reactive ketones (excluding diaryl/α,β-unsaturated/α-hetero) is 1. The third kappa shape index (κ3) is 2.66. The normalized spacial score (nSPS) is 21.6. The molecule has 108 valence electrons. The highest BCUT2D eigenvalue weighted by Gasteiger charge is 2.49. The van der Waals surface area contributed by atoms with Gasteiger partial charge in [-0.1, -0.05) is 18.2 Å². The third-order valence-electron chi connectivity index (χ3n) is 3.51. The molecule has 0 N–H and O–H groups in total. The molecular formula is C15H17ClO4. The van der Waals surface area contributed by atoms with Crippen molar-refractivity contribution in [2.75, 3.05) is 13.0 Å². The lowest BCUT2D eigenvalue weighted by Crippen LogP contribution is -2.52. The quantitative estimate of drug-likeness (QED) is 0.487. The molecular weight excluding hydrogens is 280 g/mol. The molecule has 0 aliphatic carbocycles. The Labute approximate surface area is 123 Å². The second-order valence-electron chi connectivity index (χ2n) is 4.74. The Morgan fingerprint density at radius 2 is 2.15 bits per heavy atom. The number of aryl methyl sites for hydroxylation is 1. The van der Waals surface area contributed by atoms with E-state index in [1.165, 1.54) is 7.11 Å². The van der Waals surface area contributed by atoms with E-state index in [0.717, 1.165) is 5.56 Å². The molecule has 2 rings (SSSR count). The molecule has 0 bridgehead atoms. The van der Waals surface area contributed by atoms with E-state index in [0.29, 0.717) is 24.5 Å². The van der Waals surface area contributed by atoms with Crippen LogP contribution in [0.3, 0.4) is 0 Å².